The molecule has 144 valence electrons. The summed E-state index contributed by atoms with van der Waals surface area (Å²) in [5.41, 5.74) is 0.891. The second kappa shape index (κ2) is 8.33. The highest BCUT2D eigenvalue weighted by Crippen LogP contribution is 2.19. The van der Waals surface area contributed by atoms with Crippen LogP contribution in [0.25, 0.3) is 0 Å². The van der Waals surface area contributed by atoms with E-state index in [0.29, 0.717) is 17.0 Å². The number of nitro groups is 1. The number of benzene rings is 2. The van der Waals surface area contributed by atoms with Crippen molar-refractivity contribution in [2.75, 3.05) is 0 Å². The third-order valence-electron chi connectivity index (χ3n) is 4.21. The monoisotopic (exact) mass is 384 g/mol. The van der Waals surface area contributed by atoms with Crippen LogP contribution in [0.5, 0.6) is 0 Å². The van der Waals surface area contributed by atoms with Crippen LogP contribution < -0.4 is 5.32 Å². The van der Waals surface area contributed by atoms with Crippen molar-refractivity contribution in [1.29, 1.82) is 0 Å². The molecule has 3 rings (SSSR count). The molecule has 28 heavy (non-hydrogen) atoms. The fraction of sp³-hybridized carbons (Fsp3) is 0.222. The topological polar surface area (TPSA) is 116 Å². The standard InChI is InChI=1S/C18H17FN6O3/c1-12-21-22-23-24(12)17(10-13-5-4-7-15(19)9-13)18(26)20-11-14-6-2-3-8-16(14)25(27)28/h2-9,17H,10-11H2,1H3,(H,20,26). The van der Waals surface area contributed by atoms with Crippen LogP contribution in [0.15, 0.2) is 48.5 Å². The van der Waals surface area contributed by atoms with E-state index in [-0.39, 0.29) is 18.7 Å². The van der Waals surface area contributed by atoms with E-state index in [2.05, 4.69) is 20.8 Å². The molecule has 0 fully saturated rings. The van der Waals surface area contributed by atoms with Gasteiger partial charge in [-0.2, -0.15) is 0 Å². The van der Waals surface area contributed by atoms with E-state index >= 15 is 0 Å². The van der Waals surface area contributed by atoms with E-state index < -0.39 is 22.7 Å². The first-order valence-corrected chi connectivity index (χ1v) is 8.44. The third kappa shape index (κ3) is 4.34. The number of halogens is 1. The van der Waals surface area contributed by atoms with Gasteiger partial charge in [0, 0.05) is 24.6 Å². The van der Waals surface area contributed by atoms with Gasteiger partial charge in [0.05, 0.1) is 4.92 Å². The molecular formula is C18H17FN6O3. The fourth-order valence-corrected chi connectivity index (χ4v) is 2.84. The maximum Gasteiger partial charge on any atom is 0.274 e. The first-order valence-electron chi connectivity index (χ1n) is 8.44. The average molecular weight is 384 g/mol. The lowest BCUT2D eigenvalue weighted by Crippen LogP contribution is -2.34. The van der Waals surface area contributed by atoms with Gasteiger partial charge >= 0.3 is 0 Å². The maximum atomic E-state index is 13.5. The number of tetrazole rings is 1. The summed E-state index contributed by atoms with van der Waals surface area (Å²) in [6.07, 6.45) is 0.159. The minimum Gasteiger partial charge on any atom is -0.350 e. The zero-order chi connectivity index (χ0) is 20.1. The van der Waals surface area contributed by atoms with Crippen LogP contribution in [0, 0.1) is 22.9 Å². The molecule has 0 aliphatic rings. The summed E-state index contributed by atoms with van der Waals surface area (Å²) in [5, 5.41) is 25.0. The van der Waals surface area contributed by atoms with Gasteiger partial charge in [-0.15, -0.1) is 5.10 Å². The lowest BCUT2D eigenvalue weighted by Gasteiger charge is -2.17. The Morgan fingerprint density at radius 1 is 1.29 bits per heavy atom. The molecule has 0 bridgehead atoms. The van der Waals surface area contributed by atoms with Crippen LogP contribution in [-0.2, 0) is 17.8 Å². The van der Waals surface area contributed by atoms with Gasteiger partial charge in [-0.05, 0) is 35.0 Å². The van der Waals surface area contributed by atoms with Crippen molar-refractivity contribution >= 4 is 11.6 Å². The maximum absolute atomic E-state index is 13.5. The van der Waals surface area contributed by atoms with Gasteiger partial charge in [-0.25, -0.2) is 9.07 Å². The number of para-hydroxylation sites is 1. The van der Waals surface area contributed by atoms with Gasteiger partial charge in [-0.3, -0.25) is 14.9 Å². The lowest BCUT2D eigenvalue weighted by atomic mass is 10.0. The molecule has 1 atom stereocenters. The number of amides is 1. The van der Waals surface area contributed by atoms with Crippen LogP contribution in [0.1, 0.15) is 23.0 Å². The van der Waals surface area contributed by atoms with Crippen molar-refractivity contribution in [3.05, 3.63) is 81.4 Å². The zero-order valence-electron chi connectivity index (χ0n) is 14.9. The van der Waals surface area contributed by atoms with Crippen LogP contribution in [0.3, 0.4) is 0 Å². The molecule has 1 unspecified atom stereocenters. The molecule has 0 saturated heterocycles. The normalized spacial score (nSPS) is 11.8. The predicted molar refractivity (Wildman–Crippen MR) is 96.6 cm³/mol. The first-order chi connectivity index (χ1) is 13.5. The quantitative estimate of drug-likeness (QED) is 0.493. The molecule has 0 radical (unpaired) electrons. The number of carbonyl (C=O) groups is 1. The predicted octanol–water partition coefficient (Wildman–Crippen LogP) is 2.13. The van der Waals surface area contributed by atoms with Crippen molar-refractivity contribution < 1.29 is 14.1 Å². The molecule has 0 spiro atoms. The molecule has 10 heteroatoms. The summed E-state index contributed by atoms with van der Waals surface area (Å²) in [6.45, 7) is 1.62. The number of aromatic nitrogens is 4. The molecule has 3 aromatic rings. The number of rotatable bonds is 7. The number of nitro benzene ring substituents is 1. The van der Waals surface area contributed by atoms with Gasteiger partial charge in [0.2, 0.25) is 5.91 Å². The van der Waals surface area contributed by atoms with E-state index in [9.17, 15) is 19.3 Å². The fourth-order valence-electron chi connectivity index (χ4n) is 2.84. The number of hydrogen-bond donors (Lipinski definition) is 1. The van der Waals surface area contributed by atoms with E-state index in [4.69, 9.17) is 0 Å². The number of aryl methyl sites for hydroxylation is 1. The summed E-state index contributed by atoms with van der Waals surface area (Å²) in [4.78, 5) is 23.5. The van der Waals surface area contributed by atoms with Crippen molar-refractivity contribution in [2.45, 2.75) is 25.9 Å². The molecule has 0 saturated carbocycles. The smallest absolute Gasteiger partial charge is 0.274 e. The molecule has 1 N–H and O–H groups in total. The SMILES string of the molecule is Cc1nnnn1C(Cc1cccc(F)c1)C(=O)NCc1ccccc1[N+](=O)[O-]. The summed E-state index contributed by atoms with van der Waals surface area (Å²) >= 11 is 0. The van der Waals surface area contributed by atoms with E-state index in [1.807, 2.05) is 0 Å². The molecule has 1 amide bonds. The van der Waals surface area contributed by atoms with Gasteiger partial charge in [0.1, 0.15) is 17.7 Å². The van der Waals surface area contributed by atoms with Crippen molar-refractivity contribution in [3.63, 3.8) is 0 Å². The van der Waals surface area contributed by atoms with Crippen molar-refractivity contribution in [1.82, 2.24) is 25.5 Å². The van der Waals surface area contributed by atoms with Crippen LogP contribution in [-0.4, -0.2) is 31.0 Å². The minimum atomic E-state index is -0.834. The molecule has 0 aliphatic carbocycles. The Kier molecular flexibility index (Phi) is 5.68. The van der Waals surface area contributed by atoms with Crippen LogP contribution in [0.4, 0.5) is 10.1 Å². The number of nitrogens with one attached hydrogen (secondary N) is 1. The second-order valence-corrected chi connectivity index (χ2v) is 6.12. The van der Waals surface area contributed by atoms with Gasteiger partial charge in [0.15, 0.2) is 0 Å². The highest BCUT2D eigenvalue weighted by Gasteiger charge is 2.25. The highest BCUT2D eigenvalue weighted by molar-refractivity contribution is 5.80. The summed E-state index contributed by atoms with van der Waals surface area (Å²) < 4.78 is 14.9. The van der Waals surface area contributed by atoms with Gasteiger partial charge < -0.3 is 5.32 Å². The average Bonchev–Trinajstić information content (AvgIpc) is 3.10. The second-order valence-electron chi connectivity index (χ2n) is 6.12. The summed E-state index contributed by atoms with van der Waals surface area (Å²) in [6, 6.07) is 11.2. The summed E-state index contributed by atoms with van der Waals surface area (Å²) in [7, 11) is 0. The Balaban J connectivity index is 1.81. The molecule has 1 aromatic heterocycles. The number of carbonyl (C=O) groups excluding carboxylic acids is 1. The van der Waals surface area contributed by atoms with Crippen LogP contribution >= 0.6 is 0 Å². The summed E-state index contributed by atoms with van der Waals surface area (Å²) in [5.74, 6) is -0.426. The molecule has 1 heterocycles. The Hall–Kier alpha value is -3.69. The minimum absolute atomic E-state index is 0.0309. The largest absolute Gasteiger partial charge is 0.350 e. The van der Waals surface area contributed by atoms with Crippen molar-refractivity contribution in [2.24, 2.45) is 0 Å². The highest BCUT2D eigenvalue weighted by atomic mass is 19.1. The van der Waals surface area contributed by atoms with E-state index in [1.54, 1.807) is 37.3 Å². The lowest BCUT2D eigenvalue weighted by molar-refractivity contribution is -0.385. The van der Waals surface area contributed by atoms with Gasteiger partial charge in [-0.1, -0.05) is 30.3 Å². The van der Waals surface area contributed by atoms with Crippen molar-refractivity contribution in [3.8, 4) is 0 Å². The Morgan fingerprint density at radius 2 is 2.07 bits per heavy atom. The van der Waals surface area contributed by atoms with Crippen LogP contribution in [0.2, 0.25) is 0 Å². The Morgan fingerprint density at radius 3 is 2.75 bits per heavy atom. The molecule has 9 nitrogen and oxygen atoms in total. The van der Waals surface area contributed by atoms with E-state index in [1.165, 1.54) is 22.9 Å². The molecule has 2 aromatic carbocycles. The Bertz CT molecular complexity index is 1010. The number of nitrogens with zero attached hydrogens (tertiary/aromatic N) is 5. The zero-order valence-corrected chi connectivity index (χ0v) is 14.9. The number of hydrogen-bond acceptors (Lipinski definition) is 6. The molecule has 0 aliphatic heterocycles. The molecular weight excluding hydrogens is 367 g/mol. The van der Waals surface area contributed by atoms with E-state index in [0.717, 1.165) is 0 Å². The third-order valence-corrected chi connectivity index (χ3v) is 4.21. The van der Waals surface area contributed by atoms with Gasteiger partial charge in [0.25, 0.3) is 5.69 Å². The first kappa shape index (κ1) is 19.1. The Labute approximate surface area is 159 Å².